The van der Waals surface area contributed by atoms with Crippen LogP contribution in [-0.4, -0.2) is 44.7 Å². The number of methoxy groups -OCH3 is 2. The van der Waals surface area contributed by atoms with Gasteiger partial charge in [0.15, 0.2) is 0 Å². The molecule has 1 aliphatic rings. The quantitative estimate of drug-likeness (QED) is 0.811. The van der Waals surface area contributed by atoms with E-state index in [1.807, 2.05) is 18.2 Å². The van der Waals surface area contributed by atoms with Gasteiger partial charge in [-0.15, -0.1) is 6.42 Å². The van der Waals surface area contributed by atoms with Crippen molar-refractivity contribution in [2.75, 3.05) is 33.9 Å². The van der Waals surface area contributed by atoms with Crippen LogP contribution in [0.3, 0.4) is 0 Å². The number of benzene rings is 1. The third-order valence-corrected chi connectivity index (χ3v) is 3.90. The number of ether oxygens (including phenoxy) is 2. The van der Waals surface area contributed by atoms with E-state index in [-0.39, 0.29) is 18.5 Å². The summed E-state index contributed by atoms with van der Waals surface area (Å²) in [5.41, 5.74) is 1.09. The molecule has 0 saturated carbocycles. The molecule has 0 spiro atoms. The van der Waals surface area contributed by atoms with E-state index in [4.69, 9.17) is 15.9 Å². The Labute approximate surface area is 131 Å². The Morgan fingerprint density at radius 1 is 1.45 bits per heavy atom. The standard InChI is InChI=1S/C17H22N2O3/c1-4-9-18-17(20)12-19-10-5-6-15(19)14-8-7-13(21-2)11-16(14)22-3/h1,7-8,11,15H,5-6,9-10,12H2,2-3H3,(H,18,20). The Morgan fingerprint density at radius 2 is 2.27 bits per heavy atom. The molecule has 0 aliphatic carbocycles. The second-order valence-electron chi connectivity index (χ2n) is 5.22. The maximum absolute atomic E-state index is 11.9. The molecule has 1 unspecified atom stereocenters. The van der Waals surface area contributed by atoms with Gasteiger partial charge in [-0.2, -0.15) is 0 Å². The van der Waals surface area contributed by atoms with E-state index in [1.54, 1.807) is 14.2 Å². The summed E-state index contributed by atoms with van der Waals surface area (Å²) < 4.78 is 10.7. The van der Waals surface area contributed by atoms with Gasteiger partial charge in [0.1, 0.15) is 11.5 Å². The maximum atomic E-state index is 11.9. The van der Waals surface area contributed by atoms with E-state index >= 15 is 0 Å². The summed E-state index contributed by atoms with van der Waals surface area (Å²) in [7, 11) is 3.28. The first-order chi connectivity index (χ1) is 10.7. The first kappa shape index (κ1) is 16.2. The predicted molar refractivity (Wildman–Crippen MR) is 84.9 cm³/mol. The fraction of sp³-hybridized carbons (Fsp3) is 0.471. The van der Waals surface area contributed by atoms with Crippen LogP contribution in [0.4, 0.5) is 0 Å². The summed E-state index contributed by atoms with van der Waals surface area (Å²) in [6.07, 6.45) is 7.22. The molecule has 1 aromatic carbocycles. The smallest absolute Gasteiger partial charge is 0.234 e. The topological polar surface area (TPSA) is 50.8 Å². The van der Waals surface area contributed by atoms with Crippen molar-refractivity contribution in [3.8, 4) is 23.8 Å². The van der Waals surface area contributed by atoms with Crippen molar-refractivity contribution in [3.63, 3.8) is 0 Å². The highest BCUT2D eigenvalue weighted by atomic mass is 16.5. The Hall–Kier alpha value is -2.19. The summed E-state index contributed by atoms with van der Waals surface area (Å²) >= 11 is 0. The van der Waals surface area contributed by atoms with Crippen LogP contribution in [0.15, 0.2) is 18.2 Å². The van der Waals surface area contributed by atoms with Gasteiger partial charge in [-0.05, 0) is 25.5 Å². The molecule has 1 amide bonds. The molecule has 0 bridgehead atoms. The highest BCUT2D eigenvalue weighted by molar-refractivity contribution is 5.78. The molecule has 5 heteroatoms. The lowest BCUT2D eigenvalue weighted by Gasteiger charge is -2.25. The molecule has 5 nitrogen and oxygen atoms in total. The SMILES string of the molecule is C#CCNC(=O)CN1CCCC1c1ccc(OC)cc1OC. The zero-order chi connectivity index (χ0) is 15.9. The number of hydrogen-bond acceptors (Lipinski definition) is 4. The lowest BCUT2D eigenvalue weighted by Crippen LogP contribution is -2.37. The molecule has 0 aromatic heterocycles. The summed E-state index contributed by atoms with van der Waals surface area (Å²) in [6.45, 7) is 1.51. The van der Waals surface area contributed by atoms with Crippen molar-refractivity contribution in [2.24, 2.45) is 0 Å². The minimum absolute atomic E-state index is 0.0441. The van der Waals surface area contributed by atoms with E-state index in [0.29, 0.717) is 6.54 Å². The van der Waals surface area contributed by atoms with E-state index in [0.717, 1.165) is 36.4 Å². The fourth-order valence-corrected chi connectivity index (χ4v) is 2.85. The van der Waals surface area contributed by atoms with E-state index in [9.17, 15) is 4.79 Å². The van der Waals surface area contributed by atoms with Crippen LogP contribution >= 0.6 is 0 Å². The Kier molecular flexibility index (Phi) is 5.68. The Balaban J connectivity index is 2.13. The van der Waals surface area contributed by atoms with Gasteiger partial charge >= 0.3 is 0 Å². The van der Waals surface area contributed by atoms with Gasteiger partial charge < -0.3 is 14.8 Å². The molecule has 22 heavy (non-hydrogen) atoms. The predicted octanol–water partition coefficient (Wildman–Crippen LogP) is 1.59. The van der Waals surface area contributed by atoms with Gasteiger partial charge in [-0.1, -0.05) is 12.0 Å². The van der Waals surface area contributed by atoms with Crippen molar-refractivity contribution < 1.29 is 14.3 Å². The van der Waals surface area contributed by atoms with Crippen LogP contribution in [-0.2, 0) is 4.79 Å². The molecule has 1 saturated heterocycles. The van der Waals surface area contributed by atoms with E-state index < -0.39 is 0 Å². The summed E-state index contributed by atoms with van der Waals surface area (Å²) in [5, 5.41) is 2.71. The summed E-state index contributed by atoms with van der Waals surface area (Å²) in [5.74, 6) is 3.92. The van der Waals surface area contributed by atoms with Crippen LogP contribution in [0.2, 0.25) is 0 Å². The van der Waals surface area contributed by atoms with Crippen molar-refractivity contribution in [3.05, 3.63) is 23.8 Å². The van der Waals surface area contributed by atoms with Gasteiger partial charge in [0.05, 0.1) is 27.3 Å². The molecular formula is C17H22N2O3. The third-order valence-electron chi connectivity index (χ3n) is 3.90. The second kappa shape index (κ2) is 7.71. The van der Waals surface area contributed by atoms with Crippen molar-refractivity contribution in [1.82, 2.24) is 10.2 Å². The first-order valence-electron chi connectivity index (χ1n) is 7.35. The second-order valence-corrected chi connectivity index (χ2v) is 5.22. The molecule has 1 aliphatic heterocycles. The van der Waals surface area contributed by atoms with Crippen molar-refractivity contribution in [2.45, 2.75) is 18.9 Å². The zero-order valence-corrected chi connectivity index (χ0v) is 13.1. The van der Waals surface area contributed by atoms with E-state index in [1.165, 1.54) is 0 Å². The molecule has 1 atom stereocenters. The molecule has 1 aromatic rings. The summed E-state index contributed by atoms with van der Waals surface area (Å²) in [6, 6.07) is 5.99. The van der Waals surface area contributed by atoms with Crippen molar-refractivity contribution in [1.29, 1.82) is 0 Å². The molecule has 0 radical (unpaired) electrons. The van der Waals surface area contributed by atoms with Crippen molar-refractivity contribution >= 4 is 5.91 Å². The molecule has 1 N–H and O–H groups in total. The van der Waals surface area contributed by atoms with E-state index in [2.05, 4.69) is 16.1 Å². The Bertz CT molecular complexity index is 566. The normalized spacial score (nSPS) is 17.8. The number of likely N-dealkylation sites (tertiary alicyclic amines) is 1. The average Bonchev–Trinajstić information content (AvgIpc) is 3.00. The number of carbonyl (C=O) groups excluding carboxylic acids is 1. The molecular weight excluding hydrogens is 280 g/mol. The van der Waals surface area contributed by atoms with Gasteiger partial charge in [-0.25, -0.2) is 0 Å². The lowest BCUT2D eigenvalue weighted by atomic mass is 10.0. The highest BCUT2D eigenvalue weighted by Crippen LogP contribution is 2.38. The maximum Gasteiger partial charge on any atom is 0.234 e. The number of terminal acetylenes is 1. The number of rotatable bonds is 6. The van der Waals surface area contributed by atoms with Crippen LogP contribution in [0.25, 0.3) is 0 Å². The highest BCUT2D eigenvalue weighted by Gasteiger charge is 2.29. The third kappa shape index (κ3) is 3.71. The van der Waals surface area contributed by atoms with Gasteiger partial charge in [0.2, 0.25) is 5.91 Å². The van der Waals surface area contributed by atoms with Gasteiger partial charge in [-0.3, -0.25) is 9.69 Å². The monoisotopic (exact) mass is 302 g/mol. The largest absolute Gasteiger partial charge is 0.497 e. The average molecular weight is 302 g/mol. The fourth-order valence-electron chi connectivity index (χ4n) is 2.85. The number of nitrogens with one attached hydrogen (secondary N) is 1. The van der Waals surface area contributed by atoms with Gasteiger partial charge in [0, 0.05) is 17.7 Å². The summed E-state index contributed by atoms with van der Waals surface area (Å²) in [4.78, 5) is 14.1. The number of nitrogens with zero attached hydrogens (tertiary/aromatic N) is 1. The number of hydrogen-bond donors (Lipinski definition) is 1. The van der Waals surface area contributed by atoms with Crippen LogP contribution < -0.4 is 14.8 Å². The van der Waals surface area contributed by atoms with Crippen LogP contribution in [0.1, 0.15) is 24.4 Å². The molecule has 118 valence electrons. The molecule has 1 fully saturated rings. The minimum Gasteiger partial charge on any atom is -0.497 e. The molecule has 1 heterocycles. The molecule has 2 rings (SSSR count). The van der Waals surface area contributed by atoms with Gasteiger partial charge in [0.25, 0.3) is 0 Å². The van der Waals surface area contributed by atoms with Crippen LogP contribution in [0.5, 0.6) is 11.5 Å². The Morgan fingerprint density at radius 3 is 2.95 bits per heavy atom. The number of carbonyl (C=O) groups is 1. The first-order valence-corrected chi connectivity index (χ1v) is 7.35. The number of amides is 1. The lowest BCUT2D eigenvalue weighted by molar-refractivity contribution is -0.122. The van der Waals surface area contributed by atoms with Crippen LogP contribution in [0, 0.1) is 12.3 Å². The minimum atomic E-state index is -0.0441. The zero-order valence-electron chi connectivity index (χ0n) is 13.1.